The van der Waals surface area contributed by atoms with Gasteiger partial charge in [0.1, 0.15) is 4.88 Å². The molecule has 1 aromatic rings. The van der Waals surface area contributed by atoms with Crippen LogP contribution in [0.3, 0.4) is 0 Å². The Kier molecular flexibility index (Phi) is 3.84. The molecule has 1 saturated heterocycles. The normalized spacial score (nSPS) is 21.6. The second kappa shape index (κ2) is 5.19. The Labute approximate surface area is 106 Å². The van der Waals surface area contributed by atoms with E-state index in [1.54, 1.807) is 0 Å². The highest BCUT2D eigenvalue weighted by Gasteiger charge is 2.20. The van der Waals surface area contributed by atoms with Crippen molar-refractivity contribution in [2.45, 2.75) is 45.7 Å². The van der Waals surface area contributed by atoms with E-state index < -0.39 is 5.97 Å². The summed E-state index contributed by atoms with van der Waals surface area (Å²) >= 11 is 1.39. The molecule has 17 heavy (non-hydrogen) atoms. The number of carboxylic acids is 1. The molecule has 2 heterocycles. The minimum Gasteiger partial charge on any atom is -0.477 e. The number of thiophene rings is 1. The van der Waals surface area contributed by atoms with E-state index in [1.807, 2.05) is 13.0 Å². The van der Waals surface area contributed by atoms with Crippen molar-refractivity contribution in [1.82, 2.24) is 4.90 Å². The first-order valence-corrected chi connectivity index (χ1v) is 6.96. The van der Waals surface area contributed by atoms with Gasteiger partial charge >= 0.3 is 5.97 Å². The maximum Gasteiger partial charge on any atom is 0.345 e. The highest BCUT2D eigenvalue weighted by molar-refractivity contribution is 7.14. The summed E-state index contributed by atoms with van der Waals surface area (Å²) in [6.45, 7) is 6.32. The molecule has 1 N–H and O–H groups in total. The van der Waals surface area contributed by atoms with E-state index >= 15 is 0 Å². The zero-order valence-corrected chi connectivity index (χ0v) is 11.2. The predicted molar refractivity (Wildman–Crippen MR) is 69.7 cm³/mol. The minimum atomic E-state index is -0.809. The molecule has 4 heteroatoms. The molecule has 1 aromatic heterocycles. The summed E-state index contributed by atoms with van der Waals surface area (Å²) < 4.78 is 0. The standard InChI is InChI=1S/C13H19NO2S/c1-9-5-3-4-6-14(9)8-11-7-12(13(15)16)17-10(11)2/h7,9H,3-6,8H2,1-2H3,(H,15,16). The van der Waals surface area contributed by atoms with E-state index in [0.717, 1.165) is 18.0 Å². The van der Waals surface area contributed by atoms with Gasteiger partial charge in [0.25, 0.3) is 0 Å². The van der Waals surface area contributed by atoms with Gasteiger partial charge in [0, 0.05) is 17.5 Å². The third-order valence-corrected chi connectivity index (χ3v) is 4.63. The Bertz CT molecular complexity index is 414. The number of aromatic carboxylic acids is 1. The zero-order valence-electron chi connectivity index (χ0n) is 10.4. The molecule has 94 valence electrons. The van der Waals surface area contributed by atoms with Crippen LogP contribution in [0.1, 0.15) is 46.3 Å². The largest absolute Gasteiger partial charge is 0.477 e. The number of carboxylic acid groups (broad SMARTS) is 1. The summed E-state index contributed by atoms with van der Waals surface area (Å²) in [5, 5.41) is 8.98. The first-order chi connectivity index (χ1) is 8.08. The summed E-state index contributed by atoms with van der Waals surface area (Å²) in [7, 11) is 0. The van der Waals surface area contributed by atoms with Crippen LogP contribution < -0.4 is 0 Å². The van der Waals surface area contributed by atoms with Crippen molar-refractivity contribution in [3.63, 3.8) is 0 Å². The molecular weight excluding hydrogens is 234 g/mol. The maximum atomic E-state index is 10.9. The first-order valence-electron chi connectivity index (χ1n) is 6.14. The van der Waals surface area contributed by atoms with E-state index in [1.165, 1.54) is 36.2 Å². The molecule has 0 amide bonds. The van der Waals surface area contributed by atoms with Gasteiger partial charge in [-0.2, -0.15) is 0 Å². The van der Waals surface area contributed by atoms with Crippen LogP contribution in [0.15, 0.2) is 6.07 Å². The van der Waals surface area contributed by atoms with E-state index in [2.05, 4.69) is 11.8 Å². The number of aryl methyl sites for hydroxylation is 1. The fourth-order valence-corrected chi connectivity index (χ4v) is 3.27. The average molecular weight is 253 g/mol. The van der Waals surface area contributed by atoms with Crippen LogP contribution in [-0.4, -0.2) is 28.6 Å². The molecule has 0 saturated carbocycles. The number of hydrogen-bond donors (Lipinski definition) is 1. The van der Waals surface area contributed by atoms with E-state index in [-0.39, 0.29) is 0 Å². The molecule has 3 nitrogen and oxygen atoms in total. The van der Waals surface area contributed by atoms with Gasteiger partial charge in [-0.1, -0.05) is 6.42 Å². The van der Waals surface area contributed by atoms with Gasteiger partial charge in [0.15, 0.2) is 0 Å². The first kappa shape index (κ1) is 12.6. The topological polar surface area (TPSA) is 40.5 Å². The second-order valence-corrected chi connectivity index (χ2v) is 6.07. The predicted octanol–water partition coefficient (Wildman–Crippen LogP) is 3.13. The van der Waals surface area contributed by atoms with E-state index in [9.17, 15) is 4.79 Å². The average Bonchev–Trinajstić information content (AvgIpc) is 2.64. The fourth-order valence-electron chi connectivity index (χ4n) is 2.39. The van der Waals surface area contributed by atoms with Crippen molar-refractivity contribution in [3.05, 3.63) is 21.4 Å². The van der Waals surface area contributed by atoms with Crippen molar-refractivity contribution in [1.29, 1.82) is 0 Å². The number of rotatable bonds is 3. The second-order valence-electron chi connectivity index (χ2n) is 4.81. The van der Waals surface area contributed by atoms with Crippen LogP contribution in [-0.2, 0) is 6.54 Å². The Morgan fingerprint density at radius 3 is 2.94 bits per heavy atom. The van der Waals surface area contributed by atoms with Crippen LogP contribution in [0.25, 0.3) is 0 Å². The summed E-state index contributed by atoms with van der Waals surface area (Å²) in [4.78, 5) is 15.0. The van der Waals surface area contributed by atoms with Gasteiger partial charge in [-0.25, -0.2) is 4.79 Å². The lowest BCUT2D eigenvalue weighted by Crippen LogP contribution is -2.36. The Balaban J connectivity index is 2.09. The van der Waals surface area contributed by atoms with Crippen LogP contribution in [0, 0.1) is 6.92 Å². The highest BCUT2D eigenvalue weighted by atomic mass is 32.1. The molecule has 0 radical (unpaired) electrons. The van der Waals surface area contributed by atoms with Gasteiger partial charge in [-0.3, -0.25) is 4.90 Å². The van der Waals surface area contributed by atoms with Crippen LogP contribution in [0.5, 0.6) is 0 Å². The number of piperidine rings is 1. The summed E-state index contributed by atoms with van der Waals surface area (Å²) in [6, 6.07) is 2.46. The molecule has 1 aliphatic heterocycles. The lowest BCUT2D eigenvalue weighted by Gasteiger charge is -2.33. The van der Waals surface area contributed by atoms with Gasteiger partial charge in [-0.15, -0.1) is 11.3 Å². The number of nitrogens with zero attached hydrogens (tertiary/aromatic N) is 1. The number of hydrogen-bond acceptors (Lipinski definition) is 3. The van der Waals surface area contributed by atoms with Crippen LogP contribution in [0.2, 0.25) is 0 Å². The number of carbonyl (C=O) groups is 1. The molecular formula is C13H19NO2S. The van der Waals surface area contributed by atoms with Crippen molar-refractivity contribution in [3.8, 4) is 0 Å². The summed E-state index contributed by atoms with van der Waals surface area (Å²) in [5.41, 5.74) is 1.18. The Hall–Kier alpha value is -0.870. The third kappa shape index (κ3) is 2.87. The van der Waals surface area contributed by atoms with Crippen molar-refractivity contribution >= 4 is 17.3 Å². The molecule has 0 aromatic carbocycles. The quantitative estimate of drug-likeness (QED) is 0.899. The van der Waals surface area contributed by atoms with Crippen molar-refractivity contribution in [2.75, 3.05) is 6.54 Å². The smallest absolute Gasteiger partial charge is 0.345 e. The molecule has 0 bridgehead atoms. The molecule has 1 aliphatic rings. The van der Waals surface area contributed by atoms with Crippen LogP contribution in [0.4, 0.5) is 0 Å². The van der Waals surface area contributed by atoms with Gasteiger partial charge in [0.05, 0.1) is 0 Å². The summed E-state index contributed by atoms with van der Waals surface area (Å²) in [6.07, 6.45) is 3.84. The molecule has 1 fully saturated rings. The van der Waals surface area contributed by atoms with E-state index in [4.69, 9.17) is 5.11 Å². The Morgan fingerprint density at radius 1 is 1.59 bits per heavy atom. The summed E-state index contributed by atoms with van der Waals surface area (Å²) in [5.74, 6) is -0.809. The number of likely N-dealkylation sites (tertiary alicyclic amines) is 1. The zero-order chi connectivity index (χ0) is 12.4. The van der Waals surface area contributed by atoms with Gasteiger partial charge in [0.2, 0.25) is 0 Å². The molecule has 1 unspecified atom stereocenters. The fraction of sp³-hybridized carbons (Fsp3) is 0.615. The van der Waals surface area contributed by atoms with Gasteiger partial charge in [-0.05, 0) is 44.9 Å². The SMILES string of the molecule is Cc1sc(C(=O)O)cc1CN1CCCCC1C. The van der Waals surface area contributed by atoms with E-state index in [0.29, 0.717) is 10.9 Å². The highest BCUT2D eigenvalue weighted by Crippen LogP contribution is 2.25. The maximum absolute atomic E-state index is 10.9. The monoisotopic (exact) mass is 253 g/mol. The molecule has 1 atom stereocenters. The van der Waals surface area contributed by atoms with Gasteiger partial charge < -0.3 is 5.11 Å². The third-order valence-electron chi connectivity index (χ3n) is 3.55. The molecule has 0 spiro atoms. The Morgan fingerprint density at radius 2 is 2.35 bits per heavy atom. The lowest BCUT2D eigenvalue weighted by molar-refractivity contribution is 0.0702. The minimum absolute atomic E-state index is 0.460. The molecule has 0 aliphatic carbocycles. The molecule has 2 rings (SSSR count). The lowest BCUT2D eigenvalue weighted by atomic mass is 10.0. The van der Waals surface area contributed by atoms with Crippen molar-refractivity contribution in [2.24, 2.45) is 0 Å². The van der Waals surface area contributed by atoms with Crippen LogP contribution >= 0.6 is 11.3 Å². The van der Waals surface area contributed by atoms with Crippen molar-refractivity contribution < 1.29 is 9.90 Å².